The summed E-state index contributed by atoms with van der Waals surface area (Å²) in [7, 11) is 0. The minimum atomic E-state index is -0.869. The van der Waals surface area contributed by atoms with Crippen molar-refractivity contribution >= 4 is 5.91 Å². The summed E-state index contributed by atoms with van der Waals surface area (Å²) in [5.74, 6) is -0.0803. The molecular formula is C48H87NO3. The first-order valence-electron chi connectivity index (χ1n) is 22.5. The van der Waals surface area contributed by atoms with Gasteiger partial charge in [0.1, 0.15) is 0 Å². The van der Waals surface area contributed by atoms with Crippen molar-refractivity contribution in [2.75, 3.05) is 6.61 Å². The van der Waals surface area contributed by atoms with Crippen molar-refractivity contribution in [1.29, 1.82) is 0 Å². The molecule has 0 heterocycles. The molecule has 4 nitrogen and oxygen atoms in total. The van der Waals surface area contributed by atoms with E-state index >= 15 is 0 Å². The van der Waals surface area contributed by atoms with Gasteiger partial charge in [0.05, 0.1) is 18.8 Å². The van der Waals surface area contributed by atoms with E-state index in [1.165, 1.54) is 148 Å². The number of aliphatic hydroxyl groups excluding tert-OH is 2. The van der Waals surface area contributed by atoms with E-state index in [0.717, 1.165) is 51.4 Å². The monoisotopic (exact) mass is 726 g/mol. The highest BCUT2D eigenvalue weighted by Gasteiger charge is 2.17. The summed E-state index contributed by atoms with van der Waals surface area (Å²) in [6, 6.07) is -0.644. The predicted octanol–water partition coefficient (Wildman–Crippen LogP) is 14.1. The molecule has 0 spiro atoms. The van der Waals surface area contributed by atoms with Crippen molar-refractivity contribution in [3.05, 3.63) is 60.8 Å². The number of nitrogens with one attached hydrogen (secondary N) is 1. The molecule has 52 heavy (non-hydrogen) atoms. The third-order valence-corrected chi connectivity index (χ3v) is 9.93. The second kappa shape index (κ2) is 43.5. The lowest BCUT2D eigenvalue weighted by Gasteiger charge is -2.19. The van der Waals surface area contributed by atoms with Crippen LogP contribution in [0.3, 0.4) is 0 Å². The lowest BCUT2D eigenvalue weighted by Crippen LogP contribution is -2.45. The smallest absolute Gasteiger partial charge is 0.220 e. The molecule has 2 unspecified atom stereocenters. The summed E-state index contributed by atoms with van der Waals surface area (Å²) in [4.78, 5) is 12.4. The van der Waals surface area contributed by atoms with Crippen LogP contribution in [-0.2, 0) is 4.79 Å². The molecule has 1 amide bonds. The van der Waals surface area contributed by atoms with E-state index in [1.54, 1.807) is 6.08 Å². The van der Waals surface area contributed by atoms with Gasteiger partial charge < -0.3 is 15.5 Å². The Kier molecular flexibility index (Phi) is 41.9. The highest BCUT2D eigenvalue weighted by Crippen LogP contribution is 2.15. The lowest BCUT2D eigenvalue weighted by atomic mass is 10.0. The maximum absolute atomic E-state index is 12.4. The first-order chi connectivity index (χ1) is 25.7. The zero-order valence-electron chi connectivity index (χ0n) is 34.6. The summed E-state index contributed by atoms with van der Waals surface area (Å²) >= 11 is 0. The summed E-state index contributed by atoms with van der Waals surface area (Å²) in [5, 5.41) is 22.9. The molecule has 0 aliphatic carbocycles. The van der Waals surface area contributed by atoms with Gasteiger partial charge in [0.15, 0.2) is 0 Å². The van der Waals surface area contributed by atoms with Crippen molar-refractivity contribution in [1.82, 2.24) is 5.32 Å². The quantitative estimate of drug-likeness (QED) is 0.0435. The van der Waals surface area contributed by atoms with Crippen molar-refractivity contribution in [3.8, 4) is 0 Å². The Bertz CT molecular complexity index is 873. The third kappa shape index (κ3) is 39.3. The summed E-state index contributed by atoms with van der Waals surface area (Å²) in [6.07, 6.45) is 60.6. The number of amides is 1. The summed E-state index contributed by atoms with van der Waals surface area (Å²) in [5.41, 5.74) is 0. The van der Waals surface area contributed by atoms with E-state index in [-0.39, 0.29) is 12.5 Å². The van der Waals surface area contributed by atoms with Gasteiger partial charge in [-0.3, -0.25) is 4.79 Å². The Labute approximate surface area is 324 Å². The molecule has 4 heteroatoms. The van der Waals surface area contributed by atoms with Gasteiger partial charge in [-0.15, -0.1) is 0 Å². The van der Waals surface area contributed by atoms with Gasteiger partial charge in [0.25, 0.3) is 0 Å². The van der Waals surface area contributed by atoms with E-state index in [2.05, 4.69) is 67.8 Å². The van der Waals surface area contributed by atoms with Crippen molar-refractivity contribution < 1.29 is 15.0 Å². The van der Waals surface area contributed by atoms with Crippen molar-refractivity contribution in [2.24, 2.45) is 0 Å². The number of hydrogen-bond acceptors (Lipinski definition) is 3. The zero-order chi connectivity index (χ0) is 37.8. The molecule has 0 bridgehead atoms. The fourth-order valence-electron chi connectivity index (χ4n) is 6.48. The number of rotatable bonds is 40. The number of hydrogen-bond donors (Lipinski definition) is 3. The summed E-state index contributed by atoms with van der Waals surface area (Å²) < 4.78 is 0. The van der Waals surface area contributed by atoms with Crippen LogP contribution in [-0.4, -0.2) is 34.9 Å². The Morgan fingerprint density at radius 2 is 0.846 bits per heavy atom. The molecule has 0 saturated heterocycles. The standard InChI is InChI=1S/C48H87NO3/c1-3-5-7-9-11-13-15-16-17-18-19-20-21-22-23-24-25-26-27-28-29-30-31-32-34-36-38-40-42-44-48(52)49-46(45-50)47(51)43-41-39-37-35-33-14-12-10-8-6-4-2/h8,10,15-16,18-19,33,35,41,43,46-47,50-51H,3-7,9,11-14,17,20-32,34,36-40,42,44-45H2,1-2H3,(H,49,52)/b10-8+,16-15-,19-18-,35-33+,43-41+. The zero-order valence-corrected chi connectivity index (χ0v) is 34.6. The van der Waals surface area contributed by atoms with Crippen LogP contribution in [0.2, 0.25) is 0 Å². The van der Waals surface area contributed by atoms with Crippen molar-refractivity contribution in [2.45, 2.75) is 231 Å². The molecule has 0 rings (SSSR count). The highest BCUT2D eigenvalue weighted by molar-refractivity contribution is 5.76. The molecule has 0 aromatic heterocycles. The van der Waals surface area contributed by atoms with Crippen LogP contribution < -0.4 is 5.32 Å². The van der Waals surface area contributed by atoms with Gasteiger partial charge in [0, 0.05) is 6.42 Å². The topological polar surface area (TPSA) is 69.6 Å². The number of carbonyl (C=O) groups is 1. The van der Waals surface area contributed by atoms with Gasteiger partial charge >= 0.3 is 0 Å². The maximum Gasteiger partial charge on any atom is 0.220 e. The molecule has 2 atom stereocenters. The maximum atomic E-state index is 12.4. The first kappa shape index (κ1) is 50.1. The highest BCUT2D eigenvalue weighted by atomic mass is 16.3. The second-order valence-corrected chi connectivity index (χ2v) is 15.1. The molecule has 3 N–H and O–H groups in total. The first-order valence-corrected chi connectivity index (χ1v) is 22.5. The lowest BCUT2D eigenvalue weighted by molar-refractivity contribution is -0.123. The minimum Gasteiger partial charge on any atom is -0.394 e. The van der Waals surface area contributed by atoms with Gasteiger partial charge in [0.2, 0.25) is 5.91 Å². The molecule has 0 radical (unpaired) electrons. The van der Waals surface area contributed by atoms with Crippen LogP contribution in [0.5, 0.6) is 0 Å². The van der Waals surface area contributed by atoms with E-state index in [0.29, 0.717) is 6.42 Å². The van der Waals surface area contributed by atoms with Crippen LogP contribution in [0.1, 0.15) is 219 Å². The molecule has 0 saturated carbocycles. The number of allylic oxidation sites excluding steroid dienone is 9. The number of carbonyl (C=O) groups excluding carboxylic acids is 1. The Morgan fingerprint density at radius 1 is 0.462 bits per heavy atom. The van der Waals surface area contributed by atoms with Gasteiger partial charge in [-0.1, -0.05) is 203 Å². The average Bonchev–Trinajstić information content (AvgIpc) is 3.15. The van der Waals surface area contributed by atoms with Gasteiger partial charge in [-0.2, -0.15) is 0 Å². The van der Waals surface area contributed by atoms with E-state index in [1.807, 2.05) is 6.08 Å². The fraction of sp³-hybridized carbons (Fsp3) is 0.771. The fourth-order valence-corrected chi connectivity index (χ4v) is 6.48. The summed E-state index contributed by atoms with van der Waals surface area (Å²) in [6.45, 7) is 4.20. The van der Waals surface area contributed by atoms with Crippen LogP contribution in [0.4, 0.5) is 0 Å². The molecule has 0 aliphatic heterocycles. The normalized spacial score (nSPS) is 13.5. The number of unbranched alkanes of at least 4 members (excludes halogenated alkanes) is 25. The molecule has 0 aromatic rings. The van der Waals surface area contributed by atoms with Gasteiger partial charge in [-0.25, -0.2) is 0 Å². The molecule has 302 valence electrons. The second-order valence-electron chi connectivity index (χ2n) is 15.1. The molecule has 0 aliphatic rings. The minimum absolute atomic E-state index is 0.0803. The Hall–Kier alpha value is -1.91. The third-order valence-electron chi connectivity index (χ3n) is 9.93. The van der Waals surface area contributed by atoms with Crippen molar-refractivity contribution in [3.63, 3.8) is 0 Å². The van der Waals surface area contributed by atoms with Crippen LogP contribution in [0.15, 0.2) is 60.8 Å². The van der Waals surface area contributed by atoms with Crippen LogP contribution >= 0.6 is 0 Å². The van der Waals surface area contributed by atoms with E-state index < -0.39 is 12.1 Å². The van der Waals surface area contributed by atoms with Crippen LogP contribution in [0.25, 0.3) is 0 Å². The van der Waals surface area contributed by atoms with E-state index in [4.69, 9.17) is 0 Å². The van der Waals surface area contributed by atoms with E-state index in [9.17, 15) is 15.0 Å². The predicted molar refractivity (Wildman–Crippen MR) is 230 cm³/mol. The largest absolute Gasteiger partial charge is 0.394 e. The molecule has 0 fully saturated rings. The van der Waals surface area contributed by atoms with Gasteiger partial charge in [-0.05, 0) is 70.6 Å². The Balaban J connectivity index is 3.50. The molecular weight excluding hydrogens is 639 g/mol. The number of aliphatic hydroxyl groups is 2. The Morgan fingerprint density at radius 3 is 1.29 bits per heavy atom. The molecule has 0 aromatic carbocycles. The average molecular weight is 726 g/mol. The van der Waals surface area contributed by atoms with Crippen LogP contribution in [0, 0.1) is 0 Å². The SMILES string of the molecule is CCC/C=C/CC/C=C/CC/C=C/C(O)C(CO)NC(=O)CCCCCCCCCCCCCCCCCCC/C=C\C/C=C\CCCCCCC.